The van der Waals surface area contributed by atoms with Gasteiger partial charge >= 0.3 is 10.1 Å². The van der Waals surface area contributed by atoms with Crippen molar-refractivity contribution in [2.45, 2.75) is 4.90 Å². The minimum atomic E-state index is -4.03. The molecule has 0 unspecified atom stereocenters. The van der Waals surface area contributed by atoms with E-state index >= 15 is 0 Å². The topological polar surface area (TPSA) is 52.6 Å². The fourth-order valence-electron chi connectivity index (χ4n) is 1.53. The Balaban J connectivity index is 2.41. The van der Waals surface area contributed by atoms with Crippen molar-refractivity contribution in [2.75, 3.05) is 7.11 Å². The highest BCUT2D eigenvalue weighted by molar-refractivity contribution is 9.10. The Morgan fingerprint density at radius 2 is 1.75 bits per heavy atom. The van der Waals surface area contributed by atoms with E-state index in [0.29, 0.717) is 10.2 Å². The molecule has 0 spiro atoms. The number of ether oxygens (including phenoxy) is 1. The Morgan fingerprint density at radius 3 is 2.35 bits per heavy atom. The van der Waals surface area contributed by atoms with Crippen LogP contribution < -0.4 is 8.92 Å². The molecule has 0 N–H and O–H groups in total. The molecule has 0 bridgehead atoms. The van der Waals surface area contributed by atoms with Gasteiger partial charge in [-0.2, -0.15) is 8.42 Å². The van der Waals surface area contributed by atoms with E-state index in [1.54, 1.807) is 24.3 Å². The van der Waals surface area contributed by atoms with Crippen LogP contribution in [0.2, 0.25) is 5.02 Å². The highest BCUT2D eigenvalue weighted by atomic mass is 79.9. The van der Waals surface area contributed by atoms with Gasteiger partial charge in [0.25, 0.3) is 0 Å². The van der Waals surface area contributed by atoms with Crippen molar-refractivity contribution in [3.63, 3.8) is 0 Å². The van der Waals surface area contributed by atoms with Crippen LogP contribution in [-0.4, -0.2) is 15.5 Å². The first-order chi connectivity index (χ1) is 9.44. The number of hydrogen-bond acceptors (Lipinski definition) is 4. The van der Waals surface area contributed by atoms with E-state index in [4.69, 9.17) is 20.5 Å². The van der Waals surface area contributed by atoms with Crippen molar-refractivity contribution in [1.82, 2.24) is 0 Å². The van der Waals surface area contributed by atoms with Crippen LogP contribution in [0.4, 0.5) is 0 Å². The molecular weight excluding hydrogens is 368 g/mol. The maximum Gasteiger partial charge on any atom is 0.340 e. The number of para-hydroxylation sites is 2. The Kier molecular flexibility index (Phi) is 4.57. The predicted molar refractivity (Wildman–Crippen MR) is 80.0 cm³/mol. The number of hydrogen-bond donors (Lipinski definition) is 0. The summed E-state index contributed by atoms with van der Waals surface area (Å²) < 4.78 is 35.3. The summed E-state index contributed by atoms with van der Waals surface area (Å²) in [4.78, 5) is -0.103. The maximum atomic E-state index is 12.2. The van der Waals surface area contributed by atoms with E-state index in [9.17, 15) is 8.42 Å². The molecule has 2 aromatic carbocycles. The maximum absolute atomic E-state index is 12.2. The van der Waals surface area contributed by atoms with Gasteiger partial charge in [-0.05, 0) is 30.3 Å². The molecule has 2 aromatic rings. The number of rotatable bonds is 4. The van der Waals surface area contributed by atoms with Crippen LogP contribution in [0.5, 0.6) is 11.5 Å². The summed E-state index contributed by atoms with van der Waals surface area (Å²) in [6.07, 6.45) is 0. The lowest BCUT2D eigenvalue weighted by Crippen LogP contribution is -2.11. The van der Waals surface area contributed by atoms with E-state index in [1.807, 2.05) is 0 Å². The van der Waals surface area contributed by atoms with E-state index in [0.717, 1.165) is 0 Å². The molecule has 0 radical (unpaired) electrons. The number of methoxy groups -OCH3 is 1. The third-order valence-electron chi connectivity index (χ3n) is 2.43. The van der Waals surface area contributed by atoms with Crippen molar-refractivity contribution in [3.05, 3.63) is 52.0 Å². The third kappa shape index (κ3) is 3.26. The van der Waals surface area contributed by atoms with Crippen LogP contribution >= 0.6 is 27.5 Å². The normalized spacial score (nSPS) is 11.2. The van der Waals surface area contributed by atoms with Crippen LogP contribution in [0.1, 0.15) is 0 Å². The monoisotopic (exact) mass is 376 g/mol. The molecule has 2 rings (SSSR count). The van der Waals surface area contributed by atoms with E-state index in [2.05, 4.69) is 15.9 Å². The predicted octanol–water partition coefficient (Wildman–Crippen LogP) is 3.88. The largest absolute Gasteiger partial charge is 0.493 e. The standard InChI is InChI=1S/C13H10BrClO4S/c1-18-11-4-2-3-5-12(11)19-20(16,17)13-7-6-9(14)8-10(13)15/h2-8H,1H3. The SMILES string of the molecule is COc1ccccc1OS(=O)(=O)c1ccc(Br)cc1Cl. The minimum Gasteiger partial charge on any atom is -0.493 e. The van der Waals surface area contributed by atoms with Gasteiger partial charge in [0, 0.05) is 4.47 Å². The van der Waals surface area contributed by atoms with Crippen molar-refractivity contribution < 1.29 is 17.3 Å². The van der Waals surface area contributed by atoms with Crippen LogP contribution in [0, 0.1) is 0 Å². The molecule has 0 saturated heterocycles. The molecule has 0 aliphatic carbocycles. The first-order valence-corrected chi connectivity index (χ1v) is 8.04. The zero-order valence-corrected chi connectivity index (χ0v) is 13.5. The van der Waals surface area contributed by atoms with Crippen LogP contribution in [0.3, 0.4) is 0 Å². The molecule has 0 atom stereocenters. The zero-order valence-electron chi connectivity index (χ0n) is 10.3. The molecule has 0 amide bonds. The zero-order chi connectivity index (χ0) is 14.8. The molecule has 20 heavy (non-hydrogen) atoms. The lowest BCUT2D eigenvalue weighted by Gasteiger charge is -2.11. The van der Waals surface area contributed by atoms with Crippen LogP contribution in [-0.2, 0) is 10.1 Å². The molecule has 7 heteroatoms. The van der Waals surface area contributed by atoms with Crippen molar-refractivity contribution >= 4 is 37.6 Å². The van der Waals surface area contributed by atoms with E-state index in [1.165, 1.54) is 25.3 Å². The second kappa shape index (κ2) is 6.03. The van der Waals surface area contributed by atoms with E-state index in [-0.39, 0.29) is 15.7 Å². The summed E-state index contributed by atoms with van der Waals surface area (Å²) in [6, 6.07) is 10.9. The van der Waals surface area contributed by atoms with Crippen molar-refractivity contribution in [2.24, 2.45) is 0 Å². The van der Waals surface area contributed by atoms with Crippen molar-refractivity contribution in [1.29, 1.82) is 0 Å². The molecular formula is C13H10BrClO4S. The summed E-state index contributed by atoms with van der Waals surface area (Å²) >= 11 is 9.15. The molecule has 0 saturated carbocycles. The fraction of sp³-hybridized carbons (Fsp3) is 0.0769. The second-order valence-corrected chi connectivity index (χ2v) is 6.60. The quantitative estimate of drug-likeness (QED) is 0.759. The van der Waals surface area contributed by atoms with Gasteiger partial charge in [-0.15, -0.1) is 0 Å². The number of benzene rings is 2. The van der Waals surface area contributed by atoms with Gasteiger partial charge in [0.1, 0.15) is 4.90 Å². The van der Waals surface area contributed by atoms with Crippen molar-refractivity contribution in [3.8, 4) is 11.5 Å². The molecule has 4 nitrogen and oxygen atoms in total. The van der Waals surface area contributed by atoms with Crippen LogP contribution in [0.15, 0.2) is 51.8 Å². The van der Waals surface area contributed by atoms with Crippen LogP contribution in [0.25, 0.3) is 0 Å². The van der Waals surface area contributed by atoms with Gasteiger partial charge in [-0.3, -0.25) is 0 Å². The highest BCUT2D eigenvalue weighted by Gasteiger charge is 2.22. The van der Waals surface area contributed by atoms with Gasteiger partial charge in [0.15, 0.2) is 11.5 Å². The van der Waals surface area contributed by atoms with E-state index < -0.39 is 10.1 Å². The average molecular weight is 378 g/mol. The van der Waals surface area contributed by atoms with Gasteiger partial charge in [0.2, 0.25) is 0 Å². The highest BCUT2D eigenvalue weighted by Crippen LogP contribution is 2.32. The second-order valence-electron chi connectivity index (χ2n) is 3.76. The summed E-state index contributed by atoms with van der Waals surface area (Å²) in [6.45, 7) is 0. The first kappa shape index (κ1) is 15.2. The van der Waals surface area contributed by atoms with Gasteiger partial charge < -0.3 is 8.92 Å². The fourth-order valence-corrected chi connectivity index (χ4v) is 3.48. The Bertz CT molecular complexity index is 731. The van der Waals surface area contributed by atoms with Gasteiger partial charge in [-0.1, -0.05) is 39.7 Å². The number of halogens is 2. The first-order valence-electron chi connectivity index (χ1n) is 5.46. The Labute approximate surface area is 130 Å². The Hall–Kier alpha value is -1.24. The summed E-state index contributed by atoms with van der Waals surface area (Å²) in [5.74, 6) is 0.429. The molecule has 0 aliphatic rings. The molecule has 0 aromatic heterocycles. The van der Waals surface area contributed by atoms with Gasteiger partial charge in [0.05, 0.1) is 12.1 Å². The molecule has 0 aliphatic heterocycles. The van der Waals surface area contributed by atoms with Gasteiger partial charge in [-0.25, -0.2) is 0 Å². The Morgan fingerprint density at radius 1 is 1.10 bits per heavy atom. The average Bonchev–Trinajstić information content (AvgIpc) is 2.38. The minimum absolute atomic E-state index is 0.0780. The molecule has 0 fully saturated rings. The smallest absolute Gasteiger partial charge is 0.340 e. The summed E-state index contributed by atoms with van der Waals surface area (Å²) in [7, 11) is -2.59. The molecule has 0 heterocycles. The third-order valence-corrected chi connectivity index (χ3v) is 4.64. The summed E-state index contributed by atoms with van der Waals surface area (Å²) in [5, 5.41) is 0.0780. The lowest BCUT2D eigenvalue weighted by atomic mass is 10.3. The lowest BCUT2D eigenvalue weighted by molar-refractivity contribution is 0.390. The molecule has 106 valence electrons. The summed E-state index contributed by atoms with van der Waals surface area (Å²) in [5.41, 5.74) is 0.